The molecule has 0 aliphatic rings. The first-order chi connectivity index (χ1) is 11.2. The number of para-hydroxylation sites is 1. The average Bonchev–Trinajstić information content (AvgIpc) is 2.60. The van der Waals surface area contributed by atoms with Gasteiger partial charge >= 0.3 is 0 Å². The van der Waals surface area contributed by atoms with Crippen LogP contribution in [0.3, 0.4) is 0 Å². The number of rotatable bonds is 6. The summed E-state index contributed by atoms with van der Waals surface area (Å²) in [5.41, 5.74) is 1.70. The highest BCUT2D eigenvalue weighted by atomic mass is 16.3. The third-order valence-electron chi connectivity index (χ3n) is 3.46. The Morgan fingerprint density at radius 1 is 1.00 bits per heavy atom. The van der Waals surface area contributed by atoms with Gasteiger partial charge in [0.25, 0.3) is 11.8 Å². The molecule has 23 heavy (non-hydrogen) atoms. The Morgan fingerprint density at radius 3 is 2.17 bits per heavy atom. The van der Waals surface area contributed by atoms with Crippen molar-refractivity contribution in [2.75, 3.05) is 25.0 Å². The highest BCUT2D eigenvalue weighted by molar-refractivity contribution is 6.05. The van der Waals surface area contributed by atoms with E-state index in [4.69, 9.17) is 5.11 Å². The zero-order valence-electron chi connectivity index (χ0n) is 13.0. The summed E-state index contributed by atoms with van der Waals surface area (Å²) in [6.07, 6.45) is 0. The molecule has 0 unspecified atom stereocenters. The van der Waals surface area contributed by atoms with Gasteiger partial charge in [0.05, 0.1) is 6.61 Å². The summed E-state index contributed by atoms with van der Waals surface area (Å²) >= 11 is 0. The Labute approximate surface area is 135 Å². The van der Waals surface area contributed by atoms with E-state index in [-0.39, 0.29) is 18.4 Å². The third kappa shape index (κ3) is 4.40. The molecule has 0 spiro atoms. The molecule has 0 aliphatic carbocycles. The number of nitrogens with zero attached hydrogens (tertiary/aromatic N) is 1. The molecule has 0 aromatic heterocycles. The van der Waals surface area contributed by atoms with E-state index in [2.05, 4.69) is 5.32 Å². The normalized spacial score (nSPS) is 10.2. The fraction of sp³-hybridized carbons (Fsp3) is 0.222. The van der Waals surface area contributed by atoms with Crippen LogP contribution in [0, 0.1) is 0 Å². The molecule has 0 heterocycles. The number of amides is 2. The second-order valence-corrected chi connectivity index (χ2v) is 5.01. The molecular formula is C18H20N2O3. The van der Waals surface area contributed by atoms with E-state index < -0.39 is 0 Å². The van der Waals surface area contributed by atoms with E-state index in [1.807, 2.05) is 37.3 Å². The SMILES string of the molecule is CCN(CCO)C(=O)c1ccc(C(=O)Nc2ccccc2)cc1. The van der Waals surface area contributed by atoms with Gasteiger partial charge in [0.2, 0.25) is 0 Å². The predicted molar refractivity (Wildman–Crippen MR) is 89.5 cm³/mol. The molecule has 5 heteroatoms. The highest BCUT2D eigenvalue weighted by Gasteiger charge is 2.14. The first kappa shape index (κ1) is 16.7. The maximum absolute atomic E-state index is 12.3. The van der Waals surface area contributed by atoms with Gasteiger partial charge in [-0.25, -0.2) is 0 Å². The molecule has 0 saturated heterocycles. The lowest BCUT2D eigenvalue weighted by Gasteiger charge is -2.19. The average molecular weight is 312 g/mol. The first-order valence-electron chi connectivity index (χ1n) is 7.52. The zero-order valence-corrected chi connectivity index (χ0v) is 13.0. The summed E-state index contributed by atoms with van der Waals surface area (Å²) in [7, 11) is 0. The van der Waals surface area contributed by atoms with Crippen LogP contribution in [0.25, 0.3) is 0 Å². The first-order valence-corrected chi connectivity index (χ1v) is 7.52. The Morgan fingerprint density at radius 2 is 1.61 bits per heavy atom. The molecule has 2 aromatic rings. The standard InChI is InChI=1S/C18H20N2O3/c1-2-20(12-13-21)18(23)15-10-8-14(9-11-15)17(22)19-16-6-4-3-5-7-16/h3-11,21H,2,12-13H2,1H3,(H,19,22). The fourth-order valence-corrected chi connectivity index (χ4v) is 2.20. The Kier molecular flexibility index (Phi) is 5.88. The van der Waals surface area contributed by atoms with Gasteiger partial charge in [-0.3, -0.25) is 9.59 Å². The maximum Gasteiger partial charge on any atom is 0.255 e. The van der Waals surface area contributed by atoms with Crippen LogP contribution in [0.2, 0.25) is 0 Å². The molecule has 0 saturated carbocycles. The fourth-order valence-electron chi connectivity index (χ4n) is 2.20. The number of aliphatic hydroxyl groups is 1. The second-order valence-electron chi connectivity index (χ2n) is 5.01. The lowest BCUT2D eigenvalue weighted by atomic mass is 10.1. The van der Waals surface area contributed by atoms with Crippen molar-refractivity contribution >= 4 is 17.5 Å². The Hall–Kier alpha value is -2.66. The minimum absolute atomic E-state index is 0.0723. The quantitative estimate of drug-likeness (QED) is 0.860. The number of carbonyl (C=O) groups excluding carboxylic acids is 2. The molecule has 2 aromatic carbocycles. The monoisotopic (exact) mass is 312 g/mol. The van der Waals surface area contributed by atoms with Crippen LogP contribution >= 0.6 is 0 Å². The smallest absolute Gasteiger partial charge is 0.255 e. The second kappa shape index (κ2) is 8.10. The van der Waals surface area contributed by atoms with Gasteiger partial charge in [0, 0.05) is 29.9 Å². The minimum atomic E-state index is -0.224. The molecule has 0 bridgehead atoms. The van der Waals surface area contributed by atoms with E-state index in [1.165, 1.54) is 0 Å². The molecule has 2 N–H and O–H groups in total. The van der Waals surface area contributed by atoms with Crippen LogP contribution in [-0.4, -0.2) is 41.5 Å². The minimum Gasteiger partial charge on any atom is -0.395 e. The molecular weight excluding hydrogens is 292 g/mol. The van der Waals surface area contributed by atoms with Gasteiger partial charge in [0.15, 0.2) is 0 Å². The number of benzene rings is 2. The summed E-state index contributed by atoms with van der Waals surface area (Å²) in [5.74, 6) is -0.380. The molecule has 5 nitrogen and oxygen atoms in total. The van der Waals surface area contributed by atoms with Gasteiger partial charge in [-0.05, 0) is 43.3 Å². The zero-order chi connectivity index (χ0) is 16.7. The van der Waals surface area contributed by atoms with Crippen LogP contribution < -0.4 is 5.32 Å². The lowest BCUT2D eigenvalue weighted by Crippen LogP contribution is -2.33. The summed E-state index contributed by atoms with van der Waals surface area (Å²) in [5, 5.41) is 11.8. The molecule has 120 valence electrons. The van der Waals surface area contributed by atoms with E-state index in [0.29, 0.717) is 24.2 Å². The van der Waals surface area contributed by atoms with Gasteiger partial charge in [-0.1, -0.05) is 18.2 Å². The number of hydrogen-bond donors (Lipinski definition) is 2. The number of nitrogens with one attached hydrogen (secondary N) is 1. The number of likely N-dealkylation sites (N-methyl/N-ethyl adjacent to an activating group) is 1. The van der Waals surface area contributed by atoms with Crippen molar-refractivity contribution in [3.8, 4) is 0 Å². The van der Waals surface area contributed by atoms with Crippen molar-refractivity contribution in [2.45, 2.75) is 6.92 Å². The van der Waals surface area contributed by atoms with Crippen molar-refractivity contribution in [1.82, 2.24) is 4.90 Å². The molecule has 0 aliphatic heterocycles. The molecule has 2 rings (SSSR count). The van der Waals surface area contributed by atoms with Crippen molar-refractivity contribution in [3.63, 3.8) is 0 Å². The molecule has 2 amide bonds. The summed E-state index contributed by atoms with van der Waals surface area (Å²) in [4.78, 5) is 26.0. The van der Waals surface area contributed by atoms with E-state index in [9.17, 15) is 9.59 Å². The largest absolute Gasteiger partial charge is 0.395 e. The van der Waals surface area contributed by atoms with Gasteiger partial charge in [0.1, 0.15) is 0 Å². The van der Waals surface area contributed by atoms with Crippen LogP contribution in [0.5, 0.6) is 0 Å². The van der Waals surface area contributed by atoms with Crippen LogP contribution in [-0.2, 0) is 0 Å². The van der Waals surface area contributed by atoms with Crippen molar-refractivity contribution < 1.29 is 14.7 Å². The van der Waals surface area contributed by atoms with Crippen molar-refractivity contribution in [1.29, 1.82) is 0 Å². The van der Waals surface area contributed by atoms with Gasteiger partial charge in [-0.15, -0.1) is 0 Å². The topological polar surface area (TPSA) is 69.6 Å². The molecule has 0 radical (unpaired) electrons. The van der Waals surface area contributed by atoms with Gasteiger partial charge in [-0.2, -0.15) is 0 Å². The molecule has 0 fully saturated rings. The summed E-state index contributed by atoms with van der Waals surface area (Å²) in [6.45, 7) is 2.60. The van der Waals surface area contributed by atoms with Crippen LogP contribution in [0.4, 0.5) is 5.69 Å². The van der Waals surface area contributed by atoms with E-state index in [0.717, 1.165) is 5.69 Å². The van der Waals surface area contributed by atoms with Crippen molar-refractivity contribution in [2.24, 2.45) is 0 Å². The molecule has 0 atom stereocenters. The van der Waals surface area contributed by atoms with E-state index >= 15 is 0 Å². The lowest BCUT2D eigenvalue weighted by molar-refractivity contribution is 0.0731. The Bertz CT molecular complexity index is 654. The number of anilines is 1. The Balaban J connectivity index is 2.07. The third-order valence-corrected chi connectivity index (χ3v) is 3.46. The predicted octanol–water partition coefficient (Wildman–Crippen LogP) is 2.39. The highest BCUT2D eigenvalue weighted by Crippen LogP contribution is 2.11. The van der Waals surface area contributed by atoms with Crippen LogP contribution in [0.15, 0.2) is 54.6 Å². The number of carbonyl (C=O) groups is 2. The number of hydrogen-bond acceptors (Lipinski definition) is 3. The van der Waals surface area contributed by atoms with E-state index in [1.54, 1.807) is 29.2 Å². The van der Waals surface area contributed by atoms with Gasteiger partial charge < -0.3 is 15.3 Å². The number of aliphatic hydroxyl groups excluding tert-OH is 1. The summed E-state index contributed by atoms with van der Waals surface area (Å²) in [6, 6.07) is 15.7. The maximum atomic E-state index is 12.3. The van der Waals surface area contributed by atoms with Crippen molar-refractivity contribution in [3.05, 3.63) is 65.7 Å². The van der Waals surface area contributed by atoms with Crippen LogP contribution in [0.1, 0.15) is 27.6 Å². The summed E-state index contributed by atoms with van der Waals surface area (Å²) < 4.78 is 0.